The zero-order valence-electron chi connectivity index (χ0n) is 15.4. The first-order chi connectivity index (χ1) is 13.8. The number of ether oxygens (including phenoxy) is 1. The predicted octanol–water partition coefficient (Wildman–Crippen LogP) is 0.798. The first-order valence-corrected chi connectivity index (χ1v) is 9.18. The molecule has 1 fully saturated rings. The molecule has 3 N–H and O–H groups in total. The van der Waals surface area contributed by atoms with Crippen molar-refractivity contribution in [3.63, 3.8) is 0 Å². The maximum Gasteiger partial charge on any atom is 0.274 e. The number of nitrogens with one attached hydrogen (secondary N) is 1. The molecule has 2 atom stereocenters. The van der Waals surface area contributed by atoms with Gasteiger partial charge in [0, 0.05) is 24.4 Å². The number of fused-ring (bicyclic) bond motifs is 1. The Labute approximate surface area is 170 Å². The minimum absolute atomic E-state index is 0.00805. The summed E-state index contributed by atoms with van der Waals surface area (Å²) in [5.41, 5.74) is 5.25. The maximum atomic E-state index is 14.8. The minimum Gasteiger partial charge on any atom is -0.378 e. The van der Waals surface area contributed by atoms with Crippen LogP contribution in [-0.2, 0) is 15.1 Å². The van der Waals surface area contributed by atoms with E-state index in [-0.39, 0.29) is 36.3 Å². The largest absolute Gasteiger partial charge is 0.378 e. The molecule has 0 bridgehead atoms. The summed E-state index contributed by atoms with van der Waals surface area (Å²) in [5, 5.41) is 3.19. The molecule has 1 aromatic heterocycles. The SMILES string of the molecule is CN1C(=O)C2COCC2(c2cc(NC(=O)c3ccc([ClH+])cn3)ccc2F)N=C1N. The highest BCUT2D eigenvalue weighted by molar-refractivity contribution is 6.03. The van der Waals surface area contributed by atoms with E-state index < -0.39 is 23.2 Å². The van der Waals surface area contributed by atoms with Crippen molar-refractivity contribution in [2.24, 2.45) is 16.6 Å². The molecule has 0 saturated carbocycles. The third-order valence-corrected chi connectivity index (χ3v) is 5.37. The number of amides is 2. The lowest BCUT2D eigenvalue weighted by Gasteiger charge is -2.37. The molecule has 2 aliphatic heterocycles. The van der Waals surface area contributed by atoms with Gasteiger partial charge in [0.15, 0.2) is 17.6 Å². The number of carbonyl (C=O) groups is 2. The number of hydrogen-bond donors (Lipinski definition) is 2. The van der Waals surface area contributed by atoms with Crippen molar-refractivity contribution >= 4 is 23.5 Å². The van der Waals surface area contributed by atoms with Crippen molar-refractivity contribution < 1.29 is 30.3 Å². The number of aliphatic imine (C=N–C) groups is 1. The fourth-order valence-corrected chi connectivity index (χ4v) is 3.67. The van der Waals surface area contributed by atoms with Gasteiger partial charge in [0.2, 0.25) is 10.9 Å². The monoisotopic (exact) mass is 418 g/mol. The van der Waals surface area contributed by atoms with Crippen LogP contribution in [0, 0.1) is 23.3 Å². The Balaban J connectivity index is 1.71. The van der Waals surface area contributed by atoms with E-state index in [0.717, 1.165) is 0 Å². The minimum atomic E-state index is -1.28. The molecular formula is C19H18ClFN5O3+. The van der Waals surface area contributed by atoms with Crippen LogP contribution in [0.2, 0.25) is 5.02 Å². The second-order valence-corrected chi connectivity index (χ2v) is 7.36. The summed E-state index contributed by atoms with van der Waals surface area (Å²) < 4.78 is 20.3. The molecule has 4 rings (SSSR count). The quantitative estimate of drug-likeness (QED) is 0.766. The number of nitrogens with zero attached hydrogens (tertiary/aromatic N) is 3. The summed E-state index contributed by atoms with van der Waals surface area (Å²) in [4.78, 5) is 34.7. The van der Waals surface area contributed by atoms with Crippen LogP contribution >= 0.6 is 0 Å². The molecule has 0 radical (unpaired) electrons. The van der Waals surface area contributed by atoms with Crippen LogP contribution in [0.3, 0.4) is 0 Å². The highest BCUT2D eigenvalue weighted by Gasteiger charge is 2.54. The van der Waals surface area contributed by atoms with Crippen LogP contribution in [0.25, 0.3) is 0 Å². The Morgan fingerprint density at radius 1 is 1.41 bits per heavy atom. The molecule has 2 aliphatic rings. The summed E-state index contributed by atoms with van der Waals surface area (Å²) in [6.07, 6.45) is 1.40. The average Bonchev–Trinajstić information content (AvgIpc) is 3.13. The summed E-state index contributed by atoms with van der Waals surface area (Å²) in [5.74, 6) is -2.06. The molecule has 1 aromatic carbocycles. The Kier molecular flexibility index (Phi) is 4.71. The van der Waals surface area contributed by atoms with Gasteiger partial charge in [-0.05, 0) is 24.3 Å². The number of anilines is 1. The number of rotatable bonds is 3. The van der Waals surface area contributed by atoms with Crippen LogP contribution in [0.1, 0.15) is 16.1 Å². The summed E-state index contributed by atoms with van der Waals surface area (Å²) in [6.45, 7) is 0.113. The van der Waals surface area contributed by atoms with Gasteiger partial charge in [-0.15, -0.1) is 0 Å². The van der Waals surface area contributed by atoms with Crippen molar-refractivity contribution in [2.75, 3.05) is 25.6 Å². The molecule has 10 heteroatoms. The lowest BCUT2D eigenvalue weighted by molar-refractivity contribution is -0.289. The van der Waals surface area contributed by atoms with E-state index >= 15 is 0 Å². The zero-order valence-corrected chi connectivity index (χ0v) is 16.2. The van der Waals surface area contributed by atoms with Gasteiger partial charge in [0.1, 0.15) is 17.1 Å². The van der Waals surface area contributed by atoms with Crippen LogP contribution in [0.15, 0.2) is 41.5 Å². The number of carbonyl (C=O) groups excluding carboxylic acids is 2. The van der Waals surface area contributed by atoms with E-state index in [4.69, 9.17) is 22.1 Å². The molecule has 8 nitrogen and oxygen atoms in total. The number of halogens is 2. The van der Waals surface area contributed by atoms with E-state index in [9.17, 15) is 14.0 Å². The van der Waals surface area contributed by atoms with Gasteiger partial charge in [0.25, 0.3) is 5.91 Å². The van der Waals surface area contributed by atoms with Crippen molar-refractivity contribution in [3.8, 4) is 0 Å². The molecular weight excluding hydrogens is 401 g/mol. The highest BCUT2D eigenvalue weighted by Crippen LogP contribution is 2.44. The van der Waals surface area contributed by atoms with Crippen molar-refractivity contribution in [3.05, 3.63) is 58.6 Å². The summed E-state index contributed by atoms with van der Waals surface area (Å²) in [6, 6.07) is 7.18. The fourth-order valence-electron chi connectivity index (χ4n) is 3.55. The van der Waals surface area contributed by atoms with E-state index in [1.165, 1.54) is 42.4 Å². The number of aromatic nitrogens is 1. The van der Waals surface area contributed by atoms with Gasteiger partial charge in [-0.25, -0.2) is 14.4 Å². The molecule has 150 valence electrons. The summed E-state index contributed by atoms with van der Waals surface area (Å²) >= 11 is 4.96. The number of pyridine rings is 1. The fraction of sp³-hybridized carbons (Fsp3) is 0.263. The second-order valence-electron chi connectivity index (χ2n) is 6.89. The molecule has 2 unspecified atom stereocenters. The number of hydrogen-bond acceptors (Lipinski definition) is 6. The Hall–Kier alpha value is -3.04. The Bertz CT molecular complexity index is 1030. The van der Waals surface area contributed by atoms with E-state index in [2.05, 4.69) is 15.3 Å². The molecule has 1 saturated heterocycles. The smallest absolute Gasteiger partial charge is 0.274 e. The first-order valence-electron chi connectivity index (χ1n) is 8.77. The molecule has 0 aliphatic carbocycles. The highest BCUT2D eigenvalue weighted by atomic mass is 35.5. The Morgan fingerprint density at radius 3 is 2.93 bits per heavy atom. The molecule has 2 aromatic rings. The average molecular weight is 419 g/mol. The third-order valence-electron chi connectivity index (χ3n) is 5.13. The van der Waals surface area contributed by atoms with Crippen molar-refractivity contribution in [2.45, 2.75) is 5.54 Å². The van der Waals surface area contributed by atoms with E-state index in [0.29, 0.717) is 10.7 Å². The van der Waals surface area contributed by atoms with Gasteiger partial charge < -0.3 is 15.8 Å². The van der Waals surface area contributed by atoms with Crippen LogP contribution in [-0.4, -0.2) is 47.9 Å². The van der Waals surface area contributed by atoms with Gasteiger partial charge in [-0.3, -0.25) is 14.5 Å². The van der Waals surface area contributed by atoms with Crippen LogP contribution in [0.4, 0.5) is 10.1 Å². The lowest BCUT2D eigenvalue weighted by Crippen LogP contribution is -2.54. The van der Waals surface area contributed by atoms with Crippen molar-refractivity contribution in [1.82, 2.24) is 9.88 Å². The van der Waals surface area contributed by atoms with Gasteiger partial charge in [0.05, 0.1) is 25.3 Å². The number of benzene rings is 1. The van der Waals surface area contributed by atoms with Gasteiger partial charge in [-0.1, -0.05) is 0 Å². The van der Waals surface area contributed by atoms with E-state index in [1.54, 1.807) is 6.07 Å². The van der Waals surface area contributed by atoms with Crippen LogP contribution < -0.4 is 11.1 Å². The lowest BCUT2D eigenvalue weighted by atomic mass is 9.78. The number of nitrogens with two attached hydrogens (primary N) is 1. The molecule has 3 heterocycles. The molecule has 29 heavy (non-hydrogen) atoms. The second kappa shape index (κ2) is 7.09. The zero-order chi connectivity index (χ0) is 20.8. The third kappa shape index (κ3) is 3.22. The Morgan fingerprint density at radius 2 is 2.21 bits per heavy atom. The van der Waals surface area contributed by atoms with Gasteiger partial charge in [-0.2, -0.15) is 0 Å². The van der Waals surface area contributed by atoms with Crippen molar-refractivity contribution in [1.29, 1.82) is 0 Å². The molecule has 0 spiro atoms. The summed E-state index contributed by atoms with van der Waals surface area (Å²) in [7, 11) is 1.51. The predicted molar refractivity (Wildman–Crippen MR) is 99.5 cm³/mol. The maximum absolute atomic E-state index is 14.8. The van der Waals surface area contributed by atoms with Crippen LogP contribution in [0.5, 0.6) is 0 Å². The normalized spacial score (nSPS) is 23.6. The number of guanidine groups is 1. The standard InChI is InChI=1S/C19H17ClFN5O3/c1-26-17(28)13-8-29-9-19(13,25-18(26)22)12-6-11(3-4-14(12)21)24-16(27)15-5-2-10(20)7-23-15/h2-7,13,20H,8-9H2,1H3,(H2-,22,24,25,27)/p+1. The molecule has 2 amide bonds. The topological polar surface area (TPSA) is 110 Å². The first kappa shape index (κ1) is 19.3. The van der Waals surface area contributed by atoms with E-state index in [1.807, 2.05) is 0 Å². The van der Waals surface area contributed by atoms with Gasteiger partial charge >= 0.3 is 0 Å².